The Labute approximate surface area is 121 Å². The zero-order valence-electron chi connectivity index (χ0n) is 12.9. The predicted octanol–water partition coefficient (Wildman–Crippen LogP) is 3.71. The first-order chi connectivity index (χ1) is 9.18. The van der Waals surface area contributed by atoms with Gasteiger partial charge in [-0.3, -0.25) is 4.18 Å². The van der Waals surface area contributed by atoms with E-state index < -0.39 is 11.0 Å². The molecule has 0 saturated carbocycles. The Balaban J connectivity index is 0. The van der Waals surface area contributed by atoms with Crippen molar-refractivity contribution in [1.82, 2.24) is 0 Å². The molecule has 0 aromatic rings. The maximum atomic E-state index is 9.41. The lowest BCUT2D eigenvalue weighted by Gasteiger charge is -2.03. The smallest absolute Gasteiger partial charge is 0.257 e. The maximum absolute atomic E-state index is 9.41. The number of ether oxygens (including phenoxy) is 1. The molecule has 0 unspecified atom stereocenters. The number of thiol groups is 1. The number of hydrogen-bond donors (Lipinski definition) is 1. The summed E-state index contributed by atoms with van der Waals surface area (Å²) in [6, 6.07) is 0. The van der Waals surface area contributed by atoms with Gasteiger partial charge in [-0.15, -0.1) is 0 Å². The molecule has 0 heterocycles. The third-order valence-electron chi connectivity index (χ3n) is 2.52. The van der Waals surface area contributed by atoms with Crippen molar-refractivity contribution in [3.63, 3.8) is 0 Å². The third-order valence-corrected chi connectivity index (χ3v) is 2.99. The van der Waals surface area contributed by atoms with Crippen LogP contribution in [0.5, 0.6) is 0 Å². The summed E-state index contributed by atoms with van der Waals surface area (Å²) in [5.41, 5.74) is 0. The summed E-state index contributed by atoms with van der Waals surface area (Å²) in [6.07, 6.45) is 10.5. The van der Waals surface area contributed by atoms with E-state index in [2.05, 4.69) is 18.0 Å². The van der Waals surface area contributed by atoms with Crippen LogP contribution in [0.3, 0.4) is 0 Å². The van der Waals surface area contributed by atoms with Gasteiger partial charge in [0.2, 0.25) is 0 Å². The quantitative estimate of drug-likeness (QED) is 0.440. The van der Waals surface area contributed by atoms with Crippen LogP contribution in [0.25, 0.3) is 0 Å². The zero-order valence-corrected chi connectivity index (χ0v) is 13.8. The van der Waals surface area contributed by atoms with Gasteiger partial charge in [0.25, 0.3) is 11.0 Å². The van der Waals surface area contributed by atoms with Crippen molar-refractivity contribution in [3.8, 4) is 0 Å². The molecular formula is C14H32O4S. The SMILES string of the molecule is CCCCCCOCCCCCC.CCO[SH](=O)=O. The molecule has 0 aliphatic carbocycles. The predicted molar refractivity (Wildman–Crippen MR) is 81.0 cm³/mol. The summed E-state index contributed by atoms with van der Waals surface area (Å²) in [7, 11) is -2.60. The van der Waals surface area contributed by atoms with Gasteiger partial charge in [-0.25, -0.2) is 8.42 Å². The monoisotopic (exact) mass is 296 g/mol. The van der Waals surface area contributed by atoms with E-state index in [-0.39, 0.29) is 6.61 Å². The van der Waals surface area contributed by atoms with E-state index in [1.807, 2.05) is 0 Å². The molecule has 0 amide bonds. The van der Waals surface area contributed by atoms with Crippen molar-refractivity contribution in [1.29, 1.82) is 0 Å². The first kappa shape index (κ1) is 21.2. The molecule has 0 N–H and O–H groups in total. The Morgan fingerprint density at radius 2 is 1.21 bits per heavy atom. The molecule has 5 heteroatoms. The molecule has 0 spiro atoms. The average molecular weight is 296 g/mol. The van der Waals surface area contributed by atoms with Crippen molar-refractivity contribution >= 4 is 11.0 Å². The third kappa shape index (κ3) is 27.2. The first-order valence-corrected chi connectivity index (χ1v) is 8.63. The Morgan fingerprint density at radius 1 is 0.737 bits per heavy atom. The Kier molecular flexibility index (Phi) is 22.5. The Morgan fingerprint density at radius 3 is 1.47 bits per heavy atom. The van der Waals surface area contributed by atoms with E-state index in [4.69, 9.17) is 4.74 Å². The van der Waals surface area contributed by atoms with E-state index in [9.17, 15) is 8.42 Å². The summed E-state index contributed by atoms with van der Waals surface area (Å²) in [6.45, 7) is 8.29. The minimum absolute atomic E-state index is 0.235. The van der Waals surface area contributed by atoms with E-state index >= 15 is 0 Å². The minimum Gasteiger partial charge on any atom is -0.381 e. The van der Waals surface area contributed by atoms with Gasteiger partial charge in [-0.2, -0.15) is 0 Å². The Hall–Kier alpha value is -0.130. The molecule has 19 heavy (non-hydrogen) atoms. The van der Waals surface area contributed by atoms with Gasteiger partial charge in [-0.1, -0.05) is 52.4 Å². The number of unbranched alkanes of at least 4 members (excludes halogenated alkanes) is 6. The summed E-state index contributed by atoms with van der Waals surface area (Å²) in [4.78, 5) is 0. The van der Waals surface area contributed by atoms with Gasteiger partial charge in [0, 0.05) is 13.2 Å². The molecule has 0 aliphatic rings. The molecular weight excluding hydrogens is 264 g/mol. The molecule has 0 bridgehead atoms. The van der Waals surface area contributed by atoms with Gasteiger partial charge in [-0.05, 0) is 19.8 Å². The van der Waals surface area contributed by atoms with Gasteiger partial charge in [0.1, 0.15) is 0 Å². The van der Waals surface area contributed by atoms with Crippen LogP contribution >= 0.6 is 0 Å². The van der Waals surface area contributed by atoms with Crippen LogP contribution in [-0.4, -0.2) is 28.2 Å². The summed E-state index contributed by atoms with van der Waals surface area (Å²) in [5.74, 6) is 0. The van der Waals surface area contributed by atoms with Crippen LogP contribution in [0, 0.1) is 0 Å². The normalized spacial score (nSPS) is 10.3. The molecule has 0 aromatic carbocycles. The Bertz CT molecular complexity index is 199. The van der Waals surface area contributed by atoms with Crippen molar-refractivity contribution in [2.75, 3.05) is 19.8 Å². The fourth-order valence-electron chi connectivity index (χ4n) is 1.47. The van der Waals surface area contributed by atoms with Crippen molar-refractivity contribution in [3.05, 3.63) is 0 Å². The van der Waals surface area contributed by atoms with Crippen molar-refractivity contribution in [2.45, 2.75) is 72.1 Å². The van der Waals surface area contributed by atoms with Crippen LogP contribution < -0.4 is 0 Å². The second kappa shape index (κ2) is 20.2. The fourth-order valence-corrected chi connectivity index (χ4v) is 1.68. The maximum Gasteiger partial charge on any atom is 0.257 e. The highest BCUT2D eigenvalue weighted by Crippen LogP contribution is 2.01. The minimum atomic E-state index is -2.60. The largest absolute Gasteiger partial charge is 0.381 e. The topological polar surface area (TPSA) is 52.6 Å². The van der Waals surface area contributed by atoms with Gasteiger partial charge in [0.05, 0.1) is 6.61 Å². The lowest BCUT2D eigenvalue weighted by atomic mass is 10.2. The molecule has 0 fully saturated rings. The van der Waals surface area contributed by atoms with Gasteiger partial charge in [0.15, 0.2) is 0 Å². The molecule has 0 saturated heterocycles. The van der Waals surface area contributed by atoms with Crippen molar-refractivity contribution in [2.24, 2.45) is 0 Å². The van der Waals surface area contributed by atoms with Gasteiger partial charge < -0.3 is 4.74 Å². The molecule has 0 aliphatic heterocycles. The lowest BCUT2D eigenvalue weighted by Crippen LogP contribution is -1.96. The standard InChI is InChI=1S/C12H26O.C2H6O3S/c1-3-5-7-9-11-13-12-10-8-6-4-2;1-2-5-6(3)4/h3-12H2,1-2H3;6H,2H2,1H3. The summed E-state index contributed by atoms with van der Waals surface area (Å²) < 4.78 is 28.4. The molecule has 0 atom stereocenters. The van der Waals surface area contributed by atoms with Crippen LogP contribution in [-0.2, 0) is 19.9 Å². The highest BCUT2D eigenvalue weighted by atomic mass is 32.2. The van der Waals surface area contributed by atoms with E-state index in [1.165, 1.54) is 51.4 Å². The fraction of sp³-hybridized carbons (Fsp3) is 1.00. The zero-order chi connectivity index (χ0) is 14.8. The molecule has 4 nitrogen and oxygen atoms in total. The lowest BCUT2D eigenvalue weighted by molar-refractivity contribution is 0.126. The second-order valence-electron chi connectivity index (χ2n) is 4.38. The molecule has 0 aromatic heterocycles. The van der Waals surface area contributed by atoms with E-state index in [1.54, 1.807) is 6.92 Å². The highest BCUT2D eigenvalue weighted by Gasteiger charge is 1.90. The highest BCUT2D eigenvalue weighted by molar-refractivity contribution is 7.67. The summed E-state index contributed by atoms with van der Waals surface area (Å²) in [5, 5.41) is 0. The van der Waals surface area contributed by atoms with Crippen molar-refractivity contribution < 1.29 is 17.3 Å². The summed E-state index contributed by atoms with van der Waals surface area (Å²) >= 11 is 0. The molecule has 0 rings (SSSR count). The van der Waals surface area contributed by atoms with Gasteiger partial charge >= 0.3 is 0 Å². The van der Waals surface area contributed by atoms with E-state index in [0.717, 1.165) is 13.2 Å². The van der Waals surface area contributed by atoms with Crippen LogP contribution in [0.1, 0.15) is 72.1 Å². The molecule has 0 radical (unpaired) electrons. The first-order valence-electron chi connectivity index (χ1n) is 7.54. The van der Waals surface area contributed by atoms with Crippen LogP contribution in [0.15, 0.2) is 0 Å². The van der Waals surface area contributed by atoms with Crippen LogP contribution in [0.2, 0.25) is 0 Å². The molecule has 118 valence electrons. The number of rotatable bonds is 12. The average Bonchev–Trinajstić information content (AvgIpc) is 2.37. The van der Waals surface area contributed by atoms with E-state index in [0.29, 0.717) is 0 Å². The van der Waals surface area contributed by atoms with Crippen LogP contribution in [0.4, 0.5) is 0 Å². The second-order valence-corrected chi connectivity index (χ2v) is 5.08. The number of hydrogen-bond acceptors (Lipinski definition) is 4.